The summed E-state index contributed by atoms with van der Waals surface area (Å²) in [4.78, 5) is 0. The molecule has 2 aromatic carbocycles. The van der Waals surface area contributed by atoms with E-state index in [1.54, 1.807) is 0 Å². The molecule has 0 N–H and O–H groups in total. The Bertz CT molecular complexity index is 1650. The fraction of sp³-hybridized carbons (Fsp3) is 0.273. The van der Waals surface area contributed by atoms with Crippen LogP contribution >= 0.6 is 0 Å². The van der Waals surface area contributed by atoms with E-state index in [2.05, 4.69) is 28.4 Å². The summed E-state index contributed by atoms with van der Waals surface area (Å²) in [6.07, 6.45) is -5.34. The third-order valence-corrected chi connectivity index (χ3v) is 6.57. The lowest BCUT2D eigenvalue weighted by atomic mass is 9.95. The number of unbranched alkanes of at least 4 members (excludes halogenated alkanes) is 1. The lowest BCUT2D eigenvalue weighted by Crippen LogP contribution is -2.25. The van der Waals surface area contributed by atoms with Gasteiger partial charge in [-0.3, -0.25) is 0 Å². The zero-order chi connectivity index (χ0) is 32.2. The first-order chi connectivity index (χ1) is 20.8. The Morgan fingerprint density at radius 1 is 0.841 bits per heavy atom. The van der Waals surface area contributed by atoms with Gasteiger partial charge in [0.15, 0.2) is 12.3 Å². The van der Waals surface area contributed by atoms with E-state index in [9.17, 15) is 43.9 Å². The SMILES string of the molecule is CCCCc1cc(F)c(C#CC2=CCC(C#Cc3cc(F)c(C(F)(F)OC4=CC(F)C(F)C(F)=C4)c(F)c3)C(F)=C2)c(F)c1. The zero-order valence-electron chi connectivity index (χ0n) is 22.9. The van der Waals surface area contributed by atoms with E-state index in [4.69, 9.17) is 0 Å². The summed E-state index contributed by atoms with van der Waals surface area (Å²) in [5.74, 6) is -0.602. The molecular weight excluding hydrogens is 602 g/mol. The normalized spacial score (nSPS) is 19.8. The van der Waals surface area contributed by atoms with E-state index >= 15 is 0 Å². The molecule has 2 aliphatic rings. The van der Waals surface area contributed by atoms with Crippen molar-refractivity contribution in [1.29, 1.82) is 0 Å². The summed E-state index contributed by atoms with van der Waals surface area (Å²) in [6.45, 7) is 1.95. The molecule has 0 spiro atoms. The summed E-state index contributed by atoms with van der Waals surface area (Å²) in [6, 6.07) is 3.25. The van der Waals surface area contributed by atoms with Crippen molar-refractivity contribution in [3.05, 3.63) is 117 Å². The minimum Gasteiger partial charge on any atom is -0.429 e. The first kappa shape index (κ1) is 32.5. The summed E-state index contributed by atoms with van der Waals surface area (Å²) in [7, 11) is 0. The zero-order valence-corrected chi connectivity index (χ0v) is 22.9. The molecule has 3 unspecified atom stereocenters. The summed E-state index contributed by atoms with van der Waals surface area (Å²) in [5.41, 5.74) is -2.20. The number of rotatable bonds is 6. The molecule has 0 radical (unpaired) electrons. The number of hydrogen-bond acceptors (Lipinski definition) is 1. The average Bonchev–Trinajstić information content (AvgIpc) is 2.93. The van der Waals surface area contributed by atoms with Crippen LogP contribution in [0.3, 0.4) is 0 Å². The molecule has 44 heavy (non-hydrogen) atoms. The van der Waals surface area contributed by atoms with E-state index in [0.29, 0.717) is 24.1 Å². The number of allylic oxidation sites excluding steroid dienone is 7. The number of halogens is 10. The Balaban J connectivity index is 1.47. The molecule has 230 valence electrons. The first-order valence-corrected chi connectivity index (χ1v) is 13.3. The standard InChI is InChI=1S/C33H22F10O/c1-2-3-4-19-12-25(35)23(26(36)13-19)10-7-18-5-8-21(24(34)11-18)9-6-20-14-27(37)31(28(38)15-20)33(42,43)44-22-16-29(39)32(41)30(40)17-22/h5,11-17,21,29,32H,2-4,8H2,1H3. The highest BCUT2D eigenvalue weighted by Crippen LogP contribution is 2.38. The van der Waals surface area contributed by atoms with Crippen LogP contribution in [0, 0.1) is 52.9 Å². The van der Waals surface area contributed by atoms with Crippen LogP contribution in [-0.4, -0.2) is 12.3 Å². The Kier molecular flexibility index (Phi) is 9.98. The topological polar surface area (TPSA) is 9.23 Å². The summed E-state index contributed by atoms with van der Waals surface area (Å²) < 4.78 is 146. The molecular formula is C33H22F10O. The maximum Gasteiger partial charge on any atom is 0.432 e. The molecule has 1 nitrogen and oxygen atoms in total. The minimum absolute atomic E-state index is 0.0658. The van der Waals surface area contributed by atoms with Crippen LogP contribution in [0.5, 0.6) is 0 Å². The van der Waals surface area contributed by atoms with Gasteiger partial charge >= 0.3 is 6.11 Å². The Hall–Kier alpha value is -4.38. The third kappa shape index (κ3) is 7.57. The van der Waals surface area contributed by atoms with Gasteiger partial charge in [0.05, 0.1) is 11.5 Å². The van der Waals surface area contributed by atoms with Crippen molar-refractivity contribution in [3.63, 3.8) is 0 Å². The van der Waals surface area contributed by atoms with Crippen molar-refractivity contribution < 1.29 is 48.6 Å². The molecule has 0 heterocycles. The van der Waals surface area contributed by atoms with Gasteiger partial charge in [-0.25, -0.2) is 35.1 Å². The molecule has 2 aliphatic carbocycles. The van der Waals surface area contributed by atoms with E-state index in [-0.39, 0.29) is 24.1 Å². The second-order valence-corrected chi connectivity index (χ2v) is 9.91. The van der Waals surface area contributed by atoms with Crippen LogP contribution in [0.15, 0.2) is 71.6 Å². The van der Waals surface area contributed by atoms with Gasteiger partial charge in [0.25, 0.3) is 0 Å². The van der Waals surface area contributed by atoms with Crippen molar-refractivity contribution in [2.75, 3.05) is 0 Å². The van der Waals surface area contributed by atoms with E-state index < -0.39 is 81.7 Å². The molecule has 0 saturated heterocycles. The monoisotopic (exact) mass is 624 g/mol. The fourth-order valence-corrected chi connectivity index (χ4v) is 4.30. The maximum absolute atomic E-state index is 14.7. The Morgan fingerprint density at radius 2 is 1.50 bits per heavy atom. The van der Waals surface area contributed by atoms with Gasteiger partial charge in [0, 0.05) is 17.2 Å². The highest BCUT2D eigenvalue weighted by molar-refractivity contribution is 5.50. The van der Waals surface area contributed by atoms with Gasteiger partial charge in [-0.1, -0.05) is 43.1 Å². The molecule has 0 fully saturated rings. The van der Waals surface area contributed by atoms with Gasteiger partial charge in [0.1, 0.15) is 46.2 Å². The lowest BCUT2D eigenvalue weighted by Gasteiger charge is -2.23. The number of hydrogen-bond donors (Lipinski definition) is 0. The Labute approximate surface area is 246 Å². The number of ether oxygens (including phenoxy) is 1. The second-order valence-electron chi connectivity index (χ2n) is 9.91. The van der Waals surface area contributed by atoms with Gasteiger partial charge in [-0.2, -0.15) is 8.78 Å². The van der Waals surface area contributed by atoms with Gasteiger partial charge in [-0.15, -0.1) is 0 Å². The quantitative estimate of drug-likeness (QED) is 0.230. The van der Waals surface area contributed by atoms with Crippen molar-refractivity contribution in [2.45, 2.75) is 51.1 Å². The largest absolute Gasteiger partial charge is 0.432 e. The van der Waals surface area contributed by atoms with E-state index in [1.807, 2.05) is 6.92 Å². The van der Waals surface area contributed by atoms with Crippen LogP contribution in [0.4, 0.5) is 43.9 Å². The second kappa shape index (κ2) is 13.5. The predicted octanol–water partition coefficient (Wildman–Crippen LogP) is 9.28. The highest BCUT2D eigenvalue weighted by Gasteiger charge is 2.42. The molecule has 0 bridgehead atoms. The molecule has 11 heteroatoms. The van der Waals surface area contributed by atoms with Crippen molar-refractivity contribution in [1.82, 2.24) is 0 Å². The highest BCUT2D eigenvalue weighted by atomic mass is 19.3. The molecule has 2 aromatic rings. The molecule has 3 atom stereocenters. The van der Waals surface area contributed by atoms with Crippen molar-refractivity contribution >= 4 is 0 Å². The lowest BCUT2D eigenvalue weighted by molar-refractivity contribution is -0.225. The van der Waals surface area contributed by atoms with Crippen LogP contribution < -0.4 is 0 Å². The number of alkyl halides is 4. The molecule has 0 aliphatic heterocycles. The van der Waals surface area contributed by atoms with Crippen LogP contribution in [0.2, 0.25) is 0 Å². The van der Waals surface area contributed by atoms with Crippen molar-refractivity contribution in [3.8, 4) is 23.7 Å². The maximum atomic E-state index is 14.7. The summed E-state index contributed by atoms with van der Waals surface area (Å²) >= 11 is 0. The van der Waals surface area contributed by atoms with Crippen LogP contribution in [0.1, 0.15) is 48.4 Å². The van der Waals surface area contributed by atoms with Crippen molar-refractivity contribution in [2.24, 2.45) is 5.92 Å². The Morgan fingerprint density at radius 3 is 2.09 bits per heavy atom. The molecule has 4 rings (SSSR count). The smallest absolute Gasteiger partial charge is 0.429 e. The first-order valence-electron chi connectivity index (χ1n) is 13.3. The van der Waals surface area contributed by atoms with E-state index in [0.717, 1.165) is 18.9 Å². The fourth-order valence-electron chi connectivity index (χ4n) is 4.30. The van der Waals surface area contributed by atoms with Gasteiger partial charge in [0.2, 0.25) is 0 Å². The van der Waals surface area contributed by atoms with E-state index in [1.165, 1.54) is 18.2 Å². The third-order valence-electron chi connectivity index (χ3n) is 6.57. The number of aryl methyl sites for hydroxylation is 1. The minimum atomic E-state index is -4.75. The van der Waals surface area contributed by atoms with Crippen LogP contribution in [-0.2, 0) is 17.3 Å². The average molecular weight is 625 g/mol. The van der Waals surface area contributed by atoms with Gasteiger partial charge in [-0.05, 0) is 61.2 Å². The summed E-state index contributed by atoms with van der Waals surface area (Å²) in [5, 5.41) is 0. The number of benzene rings is 2. The van der Waals surface area contributed by atoms with Gasteiger partial charge < -0.3 is 4.74 Å². The van der Waals surface area contributed by atoms with Crippen LogP contribution in [0.25, 0.3) is 0 Å². The molecule has 0 saturated carbocycles. The molecule has 0 amide bonds. The predicted molar refractivity (Wildman–Crippen MR) is 143 cm³/mol. The molecule has 0 aromatic heterocycles.